The molecule has 44 heavy (non-hydrogen) atoms. The van der Waals surface area contributed by atoms with Crippen LogP contribution in [-0.2, 0) is 15.8 Å². The molecule has 1 unspecified atom stereocenters. The molecule has 4 aromatic rings. The van der Waals surface area contributed by atoms with Crippen LogP contribution in [0.5, 0.6) is 11.5 Å². The lowest BCUT2D eigenvalue weighted by atomic mass is 9.80. The van der Waals surface area contributed by atoms with Gasteiger partial charge in [-0.15, -0.1) is 0 Å². The third kappa shape index (κ3) is 4.78. The Balaban J connectivity index is 1.39. The third-order valence-corrected chi connectivity index (χ3v) is 8.26. The van der Waals surface area contributed by atoms with Crippen molar-refractivity contribution in [3.8, 4) is 22.8 Å². The number of nitrogens with one attached hydrogen (secondary N) is 1. The van der Waals surface area contributed by atoms with Gasteiger partial charge in [-0.05, 0) is 61.2 Å². The molecule has 0 radical (unpaired) electrons. The summed E-state index contributed by atoms with van der Waals surface area (Å²) in [5, 5.41) is 18.8. The summed E-state index contributed by atoms with van der Waals surface area (Å²) in [6.07, 6.45) is 2.26. The van der Waals surface area contributed by atoms with Gasteiger partial charge in [0.05, 0.1) is 19.3 Å². The largest absolute Gasteiger partial charge is 0.494 e. The van der Waals surface area contributed by atoms with Gasteiger partial charge < -0.3 is 25.6 Å². The van der Waals surface area contributed by atoms with E-state index in [-0.39, 0.29) is 57.4 Å². The summed E-state index contributed by atoms with van der Waals surface area (Å²) < 4.78 is 66.1. The number of nitrogens with zero attached hydrogens (tertiary/aromatic N) is 3. The summed E-state index contributed by atoms with van der Waals surface area (Å²) in [6, 6.07) is 9.35. The first kappa shape index (κ1) is 29.4. The normalized spacial score (nSPS) is 19.0. The van der Waals surface area contributed by atoms with Crippen molar-refractivity contribution in [1.82, 2.24) is 20.1 Å². The standard InChI is InChI=1S/C30H27F4N5O5/c1-43-21-9-16(8-17-11-39(28(33)34)38-23(17)21)26(40)36-13-30(42,18-4-5-18)22-10-20-25(44-14-29(20,12-31)27(35)41)24(37-22)15-2-6-19(32)7-3-15/h2-3,6-11,18,28,42H,4-5,12-14H2,1H3,(H2,35,41)(H,36,40)/t29-,30?/m1/s1. The van der Waals surface area contributed by atoms with Crippen LogP contribution < -0.4 is 20.5 Å². The number of amides is 2. The van der Waals surface area contributed by atoms with Gasteiger partial charge in [-0.25, -0.2) is 18.4 Å². The van der Waals surface area contributed by atoms with E-state index in [4.69, 9.17) is 15.2 Å². The number of pyridine rings is 1. The molecule has 3 heterocycles. The van der Waals surface area contributed by atoms with Crippen LogP contribution >= 0.6 is 0 Å². The van der Waals surface area contributed by atoms with E-state index in [0.717, 1.165) is 6.20 Å². The number of ether oxygens (including phenoxy) is 2. The smallest absolute Gasteiger partial charge is 0.333 e. The lowest BCUT2D eigenvalue weighted by Gasteiger charge is -2.30. The molecule has 2 amide bonds. The van der Waals surface area contributed by atoms with E-state index in [0.29, 0.717) is 23.1 Å². The summed E-state index contributed by atoms with van der Waals surface area (Å²) in [6.45, 7) is -4.80. The zero-order valence-corrected chi connectivity index (χ0v) is 23.3. The number of hydrogen-bond donors (Lipinski definition) is 3. The van der Waals surface area contributed by atoms with Crippen molar-refractivity contribution in [3.05, 3.63) is 71.3 Å². The van der Waals surface area contributed by atoms with Crippen LogP contribution in [0.1, 0.15) is 41.0 Å². The van der Waals surface area contributed by atoms with E-state index in [2.05, 4.69) is 15.4 Å². The number of hydrogen-bond acceptors (Lipinski definition) is 7. The van der Waals surface area contributed by atoms with Crippen LogP contribution in [0.2, 0.25) is 0 Å². The molecule has 10 nitrogen and oxygen atoms in total. The van der Waals surface area contributed by atoms with Crippen molar-refractivity contribution in [1.29, 1.82) is 0 Å². The van der Waals surface area contributed by atoms with Crippen LogP contribution in [0.3, 0.4) is 0 Å². The summed E-state index contributed by atoms with van der Waals surface area (Å²) in [7, 11) is 1.31. The first-order chi connectivity index (χ1) is 21.0. The minimum absolute atomic E-state index is 0.0363. The molecular formula is C30H27F4N5O5. The molecule has 1 saturated carbocycles. The molecule has 0 spiro atoms. The Morgan fingerprint density at radius 3 is 2.59 bits per heavy atom. The van der Waals surface area contributed by atoms with Crippen molar-refractivity contribution < 1.29 is 41.7 Å². The molecule has 2 aromatic heterocycles. The van der Waals surface area contributed by atoms with Crippen molar-refractivity contribution in [2.75, 3.05) is 26.9 Å². The number of primary amides is 1. The lowest BCUT2D eigenvalue weighted by molar-refractivity contribution is -0.124. The number of aliphatic hydroxyl groups is 1. The monoisotopic (exact) mass is 613 g/mol. The van der Waals surface area contributed by atoms with Gasteiger partial charge in [0.1, 0.15) is 52.8 Å². The summed E-state index contributed by atoms with van der Waals surface area (Å²) in [5.41, 5.74) is 2.87. The fourth-order valence-electron chi connectivity index (χ4n) is 5.54. The fraction of sp³-hybridized carbons (Fsp3) is 0.333. The SMILES string of the molecule is COc1cc(C(=O)NCC(O)(c2cc3c(c(-c4ccc(F)cc4)n2)OC[C@@]3(CF)C(N)=O)C2CC2)cc2cn(C(F)F)nc12. The topological polar surface area (TPSA) is 142 Å². The molecule has 2 aliphatic rings. The Bertz CT molecular complexity index is 1780. The van der Waals surface area contributed by atoms with Gasteiger partial charge >= 0.3 is 6.55 Å². The highest BCUT2D eigenvalue weighted by Gasteiger charge is 2.52. The van der Waals surface area contributed by atoms with E-state index in [9.17, 15) is 32.3 Å². The third-order valence-electron chi connectivity index (χ3n) is 8.26. The Morgan fingerprint density at radius 2 is 1.98 bits per heavy atom. The minimum atomic E-state index is -2.89. The van der Waals surface area contributed by atoms with Gasteiger partial charge in [-0.3, -0.25) is 9.59 Å². The summed E-state index contributed by atoms with van der Waals surface area (Å²) in [5.74, 6) is -2.29. The maximum absolute atomic E-state index is 14.5. The van der Waals surface area contributed by atoms with Gasteiger partial charge in [0.25, 0.3) is 5.91 Å². The van der Waals surface area contributed by atoms with E-state index >= 15 is 0 Å². The first-order valence-corrected chi connectivity index (χ1v) is 13.7. The second-order valence-electron chi connectivity index (χ2n) is 11.0. The van der Waals surface area contributed by atoms with E-state index in [1.54, 1.807) is 0 Å². The van der Waals surface area contributed by atoms with Gasteiger partial charge in [-0.2, -0.15) is 13.9 Å². The number of carbonyl (C=O) groups is 2. The number of aromatic nitrogens is 3. The molecular weight excluding hydrogens is 586 g/mol. The maximum Gasteiger partial charge on any atom is 0.333 e. The molecule has 1 fully saturated rings. The van der Waals surface area contributed by atoms with Crippen molar-refractivity contribution in [2.24, 2.45) is 11.7 Å². The second-order valence-corrected chi connectivity index (χ2v) is 11.0. The Morgan fingerprint density at radius 1 is 1.25 bits per heavy atom. The van der Waals surface area contributed by atoms with Gasteiger partial charge in [0, 0.05) is 28.3 Å². The predicted octanol–water partition coefficient (Wildman–Crippen LogP) is 3.75. The van der Waals surface area contributed by atoms with Crippen molar-refractivity contribution in [2.45, 2.75) is 30.4 Å². The fourth-order valence-corrected chi connectivity index (χ4v) is 5.54. The highest BCUT2D eigenvalue weighted by atomic mass is 19.3. The number of halogens is 4. The zero-order chi connectivity index (χ0) is 31.4. The average molecular weight is 614 g/mol. The van der Waals surface area contributed by atoms with Gasteiger partial charge in [-0.1, -0.05) is 0 Å². The Kier molecular flexibility index (Phi) is 7.19. The number of nitrogens with two attached hydrogens (primary N) is 1. The molecule has 0 bridgehead atoms. The molecule has 0 saturated heterocycles. The van der Waals surface area contributed by atoms with Crippen LogP contribution in [0.15, 0.2) is 48.7 Å². The number of rotatable bonds is 10. The Labute approximate surface area is 247 Å². The molecule has 230 valence electrons. The number of methoxy groups -OCH3 is 1. The van der Waals surface area contributed by atoms with Gasteiger partial charge in [0.15, 0.2) is 0 Å². The molecule has 1 aliphatic carbocycles. The van der Waals surface area contributed by atoms with Crippen LogP contribution in [-0.4, -0.2) is 58.6 Å². The predicted molar refractivity (Wildman–Crippen MR) is 148 cm³/mol. The molecule has 2 aromatic carbocycles. The van der Waals surface area contributed by atoms with Crippen LogP contribution in [0.25, 0.3) is 22.2 Å². The van der Waals surface area contributed by atoms with E-state index in [1.807, 2.05) is 0 Å². The van der Waals surface area contributed by atoms with E-state index < -0.39 is 48.5 Å². The lowest BCUT2D eigenvalue weighted by Crippen LogP contribution is -2.46. The second kappa shape index (κ2) is 10.8. The molecule has 4 N–H and O–H groups in total. The zero-order valence-electron chi connectivity index (χ0n) is 23.3. The number of carbonyl (C=O) groups excluding carboxylic acids is 2. The average Bonchev–Trinajstić information content (AvgIpc) is 3.67. The van der Waals surface area contributed by atoms with Crippen molar-refractivity contribution in [3.63, 3.8) is 0 Å². The molecule has 1 aliphatic heterocycles. The highest BCUT2D eigenvalue weighted by molar-refractivity contribution is 6.00. The van der Waals surface area contributed by atoms with E-state index in [1.165, 1.54) is 49.6 Å². The van der Waals surface area contributed by atoms with Gasteiger partial charge in [0.2, 0.25) is 5.91 Å². The quantitative estimate of drug-likeness (QED) is 0.231. The summed E-state index contributed by atoms with van der Waals surface area (Å²) in [4.78, 5) is 30.5. The van der Waals surface area contributed by atoms with Crippen LogP contribution in [0.4, 0.5) is 17.6 Å². The first-order valence-electron chi connectivity index (χ1n) is 13.7. The number of fused-ring (bicyclic) bond motifs is 2. The summed E-state index contributed by atoms with van der Waals surface area (Å²) >= 11 is 0. The molecule has 14 heteroatoms. The minimum Gasteiger partial charge on any atom is -0.494 e. The molecule has 6 rings (SSSR count). The molecule has 2 atom stereocenters. The number of alkyl halides is 3. The number of benzene rings is 2. The maximum atomic E-state index is 14.5. The highest BCUT2D eigenvalue weighted by Crippen LogP contribution is 2.50. The van der Waals surface area contributed by atoms with Crippen LogP contribution in [0, 0.1) is 11.7 Å². The Hall–Kier alpha value is -4.72. The van der Waals surface area contributed by atoms with Crippen molar-refractivity contribution >= 4 is 22.7 Å².